The summed E-state index contributed by atoms with van der Waals surface area (Å²) < 4.78 is 16.4. The van der Waals surface area contributed by atoms with Gasteiger partial charge in [-0.05, 0) is 25.1 Å². The van der Waals surface area contributed by atoms with Gasteiger partial charge < -0.3 is 13.6 Å². The Kier molecular flexibility index (Phi) is 3.82. The number of hydrogen-bond acceptors (Lipinski definition) is 5. The first kappa shape index (κ1) is 15.2. The minimum Gasteiger partial charge on any atom is -0.453 e. The minimum absolute atomic E-state index is 0.0195. The Labute approximate surface area is 143 Å². The molecule has 0 amide bonds. The molecule has 4 rings (SSSR count). The molecule has 5 heteroatoms. The first-order valence-electron chi connectivity index (χ1n) is 7.87. The van der Waals surface area contributed by atoms with Crippen LogP contribution < -0.4 is 0 Å². The Morgan fingerprint density at radius 2 is 1.84 bits per heavy atom. The van der Waals surface area contributed by atoms with Crippen LogP contribution in [0.3, 0.4) is 0 Å². The van der Waals surface area contributed by atoms with Crippen molar-refractivity contribution in [2.75, 3.05) is 0 Å². The van der Waals surface area contributed by atoms with Crippen molar-refractivity contribution in [3.63, 3.8) is 0 Å². The second-order valence-electron chi connectivity index (χ2n) is 5.64. The van der Waals surface area contributed by atoms with Gasteiger partial charge in [0.1, 0.15) is 24.1 Å². The van der Waals surface area contributed by atoms with Crippen molar-refractivity contribution < 1.29 is 18.4 Å². The molecule has 0 radical (unpaired) electrons. The van der Waals surface area contributed by atoms with Crippen LogP contribution in [0.15, 0.2) is 69.7 Å². The Balaban J connectivity index is 1.48. The third kappa shape index (κ3) is 2.92. The smallest absolute Gasteiger partial charge is 0.374 e. The zero-order valence-corrected chi connectivity index (χ0v) is 13.6. The van der Waals surface area contributed by atoms with Crippen molar-refractivity contribution >= 4 is 16.9 Å². The Morgan fingerprint density at radius 1 is 1.08 bits per heavy atom. The van der Waals surface area contributed by atoms with Crippen molar-refractivity contribution in [2.24, 2.45) is 0 Å². The predicted molar refractivity (Wildman–Crippen MR) is 92.0 cm³/mol. The Morgan fingerprint density at radius 3 is 2.64 bits per heavy atom. The number of furan rings is 1. The van der Waals surface area contributed by atoms with Gasteiger partial charge in [0, 0.05) is 16.5 Å². The quantitative estimate of drug-likeness (QED) is 0.504. The number of benzene rings is 2. The van der Waals surface area contributed by atoms with Gasteiger partial charge in [0.05, 0.1) is 0 Å². The maximum absolute atomic E-state index is 12.3. The molecular weight excluding hydrogens is 318 g/mol. The molecule has 0 saturated carbocycles. The molecule has 0 unspecified atom stereocenters. The number of carbonyl (C=O) groups is 1. The van der Waals surface area contributed by atoms with Crippen LogP contribution in [-0.4, -0.2) is 11.0 Å². The van der Waals surface area contributed by atoms with Gasteiger partial charge in [0.2, 0.25) is 11.7 Å². The molecule has 0 aliphatic rings. The van der Waals surface area contributed by atoms with E-state index in [0.29, 0.717) is 17.2 Å². The van der Waals surface area contributed by atoms with Gasteiger partial charge in [-0.2, -0.15) is 0 Å². The normalized spacial score (nSPS) is 10.9. The van der Waals surface area contributed by atoms with E-state index in [1.165, 1.54) is 6.26 Å². The van der Waals surface area contributed by atoms with Crippen LogP contribution in [0.2, 0.25) is 0 Å². The SMILES string of the molecule is Cc1c(C(=O)OCc2coc(-c3ccccc3)n2)oc2ccccc12. The molecule has 4 aromatic rings. The number of hydrogen-bond donors (Lipinski definition) is 0. The average molecular weight is 333 g/mol. The maximum atomic E-state index is 12.3. The summed E-state index contributed by atoms with van der Waals surface area (Å²) in [7, 11) is 0. The molecule has 2 aromatic heterocycles. The topological polar surface area (TPSA) is 65.5 Å². The summed E-state index contributed by atoms with van der Waals surface area (Å²) in [5.41, 5.74) is 2.85. The highest BCUT2D eigenvalue weighted by atomic mass is 16.5. The number of aromatic nitrogens is 1. The molecule has 0 saturated heterocycles. The molecule has 5 nitrogen and oxygen atoms in total. The highest BCUT2D eigenvalue weighted by Gasteiger charge is 2.19. The van der Waals surface area contributed by atoms with Gasteiger partial charge in [0.15, 0.2) is 0 Å². The van der Waals surface area contributed by atoms with Crippen LogP contribution in [0.5, 0.6) is 0 Å². The van der Waals surface area contributed by atoms with Crippen molar-refractivity contribution in [3.05, 3.63) is 77.9 Å². The van der Waals surface area contributed by atoms with E-state index in [1.807, 2.05) is 61.5 Å². The predicted octanol–water partition coefficient (Wildman–Crippen LogP) is 4.75. The highest BCUT2D eigenvalue weighted by Crippen LogP contribution is 2.26. The van der Waals surface area contributed by atoms with E-state index in [2.05, 4.69) is 4.98 Å². The van der Waals surface area contributed by atoms with Crippen LogP contribution in [0.1, 0.15) is 21.8 Å². The number of fused-ring (bicyclic) bond motifs is 1. The first-order chi connectivity index (χ1) is 12.2. The summed E-state index contributed by atoms with van der Waals surface area (Å²) in [6.45, 7) is 1.86. The van der Waals surface area contributed by atoms with Gasteiger partial charge in [0.25, 0.3) is 0 Å². The molecule has 124 valence electrons. The molecule has 0 aliphatic carbocycles. The van der Waals surface area contributed by atoms with Crippen LogP contribution in [-0.2, 0) is 11.3 Å². The van der Waals surface area contributed by atoms with Crippen molar-refractivity contribution in [1.82, 2.24) is 4.98 Å². The number of rotatable bonds is 4. The third-order valence-corrected chi connectivity index (χ3v) is 3.95. The van der Waals surface area contributed by atoms with Crippen LogP contribution in [0, 0.1) is 6.92 Å². The van der Waals surface area contributed by atoms with Crippen LogP contribution in [0.25, 0.3) is 22.4 Å². The van der Waals surface area contributed by atoms with Crippen LogP contribution >= 0.6 is 0 Å². The average Bonchev–Trinajstić information content (AvgIpc) is 3.26. The standard InChI is InChI=1S/C20H15NO4/c1-13-16-9-5-6-10-17(16)25-18(13)20(22)24-12-15-11-23-19(21-15)14-7-3-2-4-8-14/h2-11H,12H2,1H3. The number of para-hydroxylation sites is 1. The second-order valence-corrected chi connectivity index (χ2v) is 5.64. The molecule has 0 N–H and O–H groups in total. The van der Waals surface area contributed by atoms with Gasteiger partial charge in [-0.15, -0.1) is 0 Å². The summed E-state index contributed by atoms with van der Waals surface area (Å²) >= 11 is 0. The number of nitrogens with zero attached hydrogens (tertiary/aromatic N) is 1. The van der Waals surface area contributed by atoms with Crippen molar-refractivity contribution in [1.29, 1.82) is 0 Å². The fourth-order valence-corrected chi connectivity index (χ4v) is 2.66. The largest absolute Gasteiger partial charge is 0.453 e. The number of esters is 1. The van der Waals surface area contributed by atoms with Gasteiger partial charge >= 0.3 is 5.97 Å². The van der Waals surface area contributed by atoms with Gasteiger partial charge in [-0.25, -0.2) is 9.78 Å². The van der Waals surface area contributed by atoms with Crippen LogP contribution in [0.4, 0.5) is 0 Å². The number of aryl methyl sites for hydroxylation is 1. The maximum Gasteiger partial charge on any atom is 0.374 e. The molecule has 2 heterocycles. The Bertz CT molecular complexity index is 1030. The summed E-state index contributed by atoms with van der Waals surface area (Å²) in [6, 6.07) is 17.0. The zero-order chi connectivity index (χ0) is 17.2. The molecular formula is C20H15NO4. The van der Waals surface area contributed by atoms with E-state index in [4.69, 9.17) is 13.6 Å². The molecule has 0 fully saturated rings. The monoisotopic (exact) mass is 333 g/mol. The number of oxazole rings is 1. The molecule has 0 atom stereocenters. The van der Waals surface area contributed by atoms with Crippen molar-refractivity contribution in [3.8, 4) is 11.5 Å². The number of carbonyl (C=O) groups excluding carboxylic acids is 1. The lowest BCUT2D eigenvalue weighted by Gasteiger charge is -2.00. The molecule has 2 aromatic carbocycles. The fraction of sp³-hybridized carbons (Fsp3) is 0.100. The summed E-state index contributed by atoms with van der Waals surface area (Å²) in [5.74, 6) is 0.192. The fourth-order valence-electron chi connectivity index (χ4n) is 2.66. The van der Waals surface area contributed by atoms with E-state index in [0.717, 1.165) is 16.5 Å². The van der Waals surface area contributed by atoms with Crippen molar-refractivity contribution in [2.45, 2.75) is 13.5 Å². The van der Waals surface area contributed by atoms with Gasteiger partial charge in [-0.1, -0.05) is 36.4 Å². The van der Waals surface area contributed by atoms with E-state index in [9.17, 15) is 4.79 Å². The lowest BCUT2D eigenvalue weighted by Crippen LogP contribution is -2.05. The zero-order valence-electron chi connectivity index (χ0n) is 13.6. The molecule has 0 spiro atoms. The van der Waals surface area contributed by atoms with Gasteiger partial charge in [-0.3, -0.25) is 0 Å². The summed E-state index contributed by atoms with van der Waals surface area (Å²) in [5, 5.41) is 0.905. The summed E-state index contributed by atoms with van der Waals surface area (Å²) in [6.07, 6.45) is 1.49. The molecule has 0 aliphatic heterocycles. The lowest BCUT2D eigenvalue weighted by atomic mass is 10.1. The first-order valence-corrected chi connectivity index (χ1v) is 7.87. The van der Waals surface area contributed by atoms with E-state index in [-0.39, 0.29) is 12.4 Å². The van der Waals surface area contributed by atoms with E-state index in [1.54, 1.807) is 0 Å². The lowest BCUT2D eigenvalue weighted by molar-refractivity contribution is 0.0432. The van der Waals surface area contributed by atoms with E-state index < -0.39 is 5.97 Å². The summed E-state index contributed by atoms with van der Waals surface area (Å²) in [4.78, 5) is 16.6. The third-order valence-electron chi connectivity index (χ3n) is 3.95. The molecule has 25 heavy (non-hydrogen) atoms. The van der Waals surface area contributed by atoms with E-state index >= 15 is 0 Å². The number of ether oxygens (including phenoxy) is 1. The Hall–Kier alpha value is -3.34. The molecule has 0 bridgehead atoms. The second kappa shape index (κ2) is 6.28. The minimum atomic E-state index is -0.516. The highest BCUT2D eigenvalue weighted by molar-refractivity contribution is 5.95.